The summed E-state index contributed by atoms with van der Waals surface area (Å²) in [6, 6.07) is 10.8. The van der Waals surface area contributed by atoms with Crippen LogP contribution >= 0.6 is 0 Å². The molecule has 0 saturated heterocycles. The van der Waals surface area contributed by atoms with Crippen molar-refractivity contribution in [1.82, 2.24) is 4.90 Å². The van der Waals surface area contributed by atoms with E-state index in [1.807, 2.05) is 0 Å². The van der Waals surface area contributed by atoms with Crippen LogP contribution in [0.15, 0.2) is 42.5 Å². The molecule has 0 unspecified atom stereocenters. The highest BCUT2D eigenvalue weighted by atomic mass is 16.4. The van der Waals surface area contributed by atoms with Gasteiger partial charge in [0.2, 0.25) is 5.91 Å². The molecule has 2 aromatic carbocycles. The van der Waals surface area contributed by atoms with E-state index in [1.165, 1.54) is 29.0 Å². The zero-order valence-corrected chi connectivity index (χ0v) is 19.1. The van der Waals surface area contributed by atoms with Crippen LogP contribution in [0.5, 0.6) is 0 Å². The summed E-state index contributed by atoms with van der Waals surface area (Å²) in [7, 11) is 1.53. The molecule has 0 spiro atoms. The Morgan fingerprint density at radius 1 is 1.09 bits per heavy atom. The lowest BCUT2D eigenvalue weighted by Crippen LogP contribution is -2.38. The van der Waals surface area contributed by atoms with Crippen molar-refractivity contribution < 1.29 is 34.2 Å². The van der Waals surface area contributed by atoms with Gasteiger partial charge < -0.3 is 31.1 Å². The molecule has 2 aromatic rings. The van der Waals surface area contributed by atoms with Crippen LogP contribution in [-0.2, 0) is 14.4 Å². The first-order chi connectivity index (χ1) is 16.4. The molecule has 0 saturated carbocycles. The molecule has 0 bridgehead atoms. The number of rotatable bonds is 6. The number of benzene rings is 2. The van der Waals surface area contributed by atoms with E-state index in [1.54, 1.807) is 30.3 Å². The van der Waals surface area contributed by atoms with Crippen molar-refractivity contribution in [2.45, 2.75) is 13.3 Å². The number of nitrogens with two attached hydrogens (primary N) is 1. The van der Waals surface area contributed by atoms with Crippen molar-refractivity contribution in [2.75, 3.05) is 30.4 Å². The topological polar surface area (TPSA) is 194 Å². The van der Waals surface area contributed by atoms with E-state index >= 15 is 0 Å². The number of carbonyl (C=O) groups excluding carboxylic acids is 3. The molecule has 1 aliphatic rings. The third kappa shape index (κ3) is 7.12. The fourth-order valence-corrected chi connectivity index (χ4v) is 3.17. The maximum Gasteiger partial charge on any atom is 0.305 e. The van der Waals surface area contributed by atoms with Crippen LogP contribution in [0.25, 0.3) is 0 Å². The Hall–Kier alpha value is -4.74. The van der Waals surface area contributed by atoms with Crippen LogP contribution in [-0.4, -0.2) is 70.7 Å². The van der Waals surface area contributed by atoms with Crippen molar-refractivity contribution in [3.8, 4) is 0 Å². The van der Waals surface area contributed by atoms with Crippen LogP contribution in [0.2, 0.25) is 0 Å². The van der Waals surface area contributed by atoms with Crippen molar-refractivity contribution in [3.63, 3.8) is 0 Å². The largest absolute Gasteiger partial charge is 0.481 e. The summed E-state index contributed by atoms with van der Waals surface area (Å²) in [4.78, 5) is 60.4. The monoisotopic (exact) mass is 483 g/mol. The van der Waals surface area contributed by atoms with Gasteiger partial charge in [-0.25, -0.2) is 0 Å². The quantitative estimate of drug-likeness (QED) is 0.299. The molecular formula is C23H25N5O7. The number of carboxylic acids is 2. The SMILES string of the molecule is CC(=O)O.CN1C(=O)CN(CCC(=O)O)C(=O)c2cc(NC(=O)c3cccc(C(=N)N)c3)ccc21. The maximum absolute atomic E-state index is 13.0. The second-order valence-corrected chi connectivity index (χ2v) is 7.52. The predicted molar refractivity (Wildman–Crippen MR) is 127 cm³/mol. The van der Waals surface area contributed by atoms with Gasteiger partial charge in [-0.2, -0.15) is 0 Å². The lowest BCUT2D eigenvalue weighted by atomic mass is 10.1. The molecule has 0 radical (unpaired) electrons. The lowest BCUT2D eigenvalue weighted by Gasteiger charge is -2.19. The molecule has 3 amide bonds. The van der Waals surface area contributed by atoms with Gasteiger partial charge in [-0.15, -0.1) is 0 Å². The van der Waals surface area contributed by atoms with Gasteiger partial charge in [0.25, 0.3) is 17.8 Å². The Morgan fingerprint density at radius 2 is 1.71 bits per heavy atom. The number of hydrogen-bond acceptors (Lipinski definition) is 6. The minimum absolute atomic E-state index is 0.110. The summed E-state index contributed by atoms with van der Waals surface area (Å²) in [6.45, 7) is 0.735. The number of likely N-dealkylation sites (N-methyl/N-ethyl adjacent to an activating group) is 1. The first kappa shape index (κ1) is 26.5. The average molecular weight is 483 g/mol. The van der Waals surface area contributed by atoms with E-state index in [0.29, 0.717) is 16.9 Å². The van der Waals surface area contributed by atoms with Crippen molar-refractivity contribution in [1.29, 1.82) is 5.41 Å². The number of carboxylic acid groups (broad SMARTS) is 2. The number of fused-ring (bicyclic) bond motifs is 1. The minimum atomic E-state index is -1.08. The number of nitrogens with zero attached hydrogens (tertiary/aromatic N) is 2. The molecule has 0 aromatic heterocycles. The number of amides is 3. The van der Waals surface area contributed by atoms with Gasteiger partial charge in [0.15, 0.2) is 0 Å². The summed E-state index contributed by atoms with van der Waals surface area (Å²) < 4.78 is 0. The highest BCUT2D eigenvalue weighted by Gasteiger charge is 2.30. The van der Waals surface area contributed by atoms with E-state index in [9.17, 15) is 19.2 Å². The minimum Gasteiger partial charge on any atom is -0.481 e. The van der Waals surface area contributed by atoms with Gasteiger partial charge in [0.05, 0.1) is 17.7 Å². The molecule has 12 nitrogen and oxygen atoms in total. The van der Waals surface area contributed by atoms with E-state index in [-0.39, 0.29) is 42.4 Å². The van der Waals surface area contributed by atoms with Crippen LogP contribution < -0.4 is 16.0 Å². The highest BCUT2D eigenvalue weighted by Crippen LogP contribution is 2.28. The van der Waals surface area contributed by atoms with E-state index in [0.717, 1.165) is 6.92 Å². The number of amidine groups is 1. The van der Waals surface area contributed by atoms with Gasteiger partial charge in [0, 0.05) is 37.3 Å². The zero-order valence-electron chi connectivity index (χ0n) is 19.1. The lowest BCUT2D eigenvalue weighted by molar-refractivity contribution is -0.137. The van der Waals surface area contributed by atoms with Gasteiger partial charge in [-0.1, -0.05) is 12.1 Å². The van der Waals surface area contributed by atoms with Crippen LogP contribution in [0.4, 0.5) is 11.4 Å². The predicted octanol–water partition coefficient (Wildman–Crippen LogP) is 1.21. The highest BCUT2D eigenvalue weighted by molar-refractivity contribution is 6.11. The number of aliphatic carboxylic acids is 2. The van der Waals surface area contributed by atoms with Crippen molar-refractivity contribution in [3.05, 3.63) is 59.2 Å². The molecule has 0 aliphatic carbocycles. The van der Waals surface area contributed by atoms with E-state index in [4.69, 9.17) is 26.2 Å². The molecule has 1 heterocycles. The molecule has 0 atom stereocenters. The van der Waals surface area contributed by atoms with E-state index < -0.39 is 23.8 Å². The summed E-state index contributed by atoms with van der Waals surface area (Å²) in [5.74, 6) is -3.39. The maximum atomic E-state index is 13.0. The number of carbonyl (C=O) groups is 5. The Balaban J connectivity index is 0.00000100. The smallest absolute Gasteiger partial charge is 0.305 e. The average Bonchev–Trinajstić information content (AvgIpc) is 2.87. The van der Waals surface area contributed by atoms with E-state index in [2.05, 4.69) is 5.32 Å². The molecule has 6 N–H and O–H groups in total. The first-order valence-electron chi connectivity index (χ1n) is 10.3. The first-order valence-corrected chi connectivity index (χ1v) is 10.3. The molecule has 0 fully saturated rings. The van der Waals surface area contributed by atoms with Gasteiger partial charge in [-0.3, -0.25) is 29.4 Å². The fourth-order valence-electron chi connectivity index (χ4n) is 3.17. The Morgan fingerprint density at radius 3 is 2.31 bits per heavy atom. The Labute approximate surface area is 200 Å². The van der Waals surface area contributed by atoms with Gasteiger partial charge in [-0.05, 0) is 30.3 Å². The van der Waals surface area contributed by atoms with Gasteiger partial charge >= 0.3 is 5.97 Å². The van der Waals surface area contributed by atoms with Crippen LogP contribution in [0, 0.1) is 5.41 Å². The number of nitrogens with one attached hydrogen (secondary N) is 2. The number of nitrogen functional groups attached to an aromatic ring is 1. The second-order valence-electron chi connectivity index (χ2n) is 7.52. The van der Waals surface area contributed by atoms with Crippen molar-refractivity contribution >= 4 is 46.9 Å². The number of anilines is 2. The van der Waals surface area contributed by atoms with Crippen molar-refractivity contribution in [2.24, 2.45) is 5.73 Å². The summed E-state index contributed by atoms with van der Waals surface area (Å²) >= 11 is 0. The zero-order chi connectivity index (χ0) is 26.3. The van der Waals surface area contributed by atoms with Crippen LogP contribution in [0.3, 0.4) is 0 Å². The summed E-state index contributed by atoms with van der Waals surface area (Å²) in [6.07, 6.45) is -0.291. The molecule has 184 valence electrons. The van der Waals surface area contributed by atoms with Crippen LogP contribution in [0.1, 0.15) is 39.6 Å². The molecule has 1 aliphatic heterocycles. The fraction of sp³-hybridized carbons (Fsp3) is 0.217. The Kier molecular flexibility index (Phi) is 8.64. The third-order valence-corrected chi connectivity index (χ3v) is 4.86. The Bertz CT molecular complexity index is 1190. The molecular weight excluding hydrogens is 458 g/mol. The third-order valence-electron chi connectivity index (χ3n) is 4.86. The molecule has 3 rings (SSSR count). The second kappa shape index (κ2) is 11.4. The summed E-state index contributed by atoms with van der Waals surface area (Å²) in [5.41, 5.74) is 7.01. The number of hydrogen-bond donors (Lipinski definition) is 5. The molecule has 35 heavy (non-hydrogen) atoms. The molecule has 12 heteroatoms. The summed E-state index contributed by atoms with van der Waals surface area (Å²) in [5, 5.41) is 26.5. The normalized spacial score (nSPS) is 12.6. The van der Waals surface area contributed by atoms with Gasteiger partial charge in [0.1, 0.15) is 12.4 Å². The standard InChI is InChI=1S/C21H21N5O5.C2H4O2/c1-25-16-6-5-14(24-20(30)13-4-2-3-12(9-13)19(22)23)10-15(16)21(31)26(11-17(25)27)8-7-18(28)29;1-2(3)4/h2-6,9-10H,7-8,11H2,1H3,(H3,22,23)(H,24,30)(H,28,29);1H3,(H,3,4).